The second-order valence-electron chi connectivity index (χ2n) is 11.8. The number of hydrogen-bond acceptors (Lipinski definition) is 2. The highest BCUT2D eigenvalue weighted by Gasteiger charge is 2.49. The molecule has 2 rings (SSSR count). The average molecular weight is 406 g/mol. The third kappa shape index (κ3) is 7.46. The van der Waals surface area contributed by atoms with Crippen molar-refractivity contribution in [2.45, 2.75) is 110 Å². The van der Waals surface area contributed by atoms with Gasteiger partial charge in [-0.2, -0.15) is 0 Å². The molecule has 2 aliphatic rings. The van der Waals surface area contributed by atoms with Crippen LogP contribution in [0.2, 0.25) is 18.6 Å². The Labute approximate surface area is 176 Å². The molecular formula is C25H47NOSi. The Balaban J connectivity index is 1.83. The van der Waals surface area contributed by atoms with Gasteiger partial charge in [-0.1, -0.05) is 56.7 Å². The molecule has 1 saturated carbocycles. The van der Waals surface area contributed by atoms with Crippen LogP contribution in [0.1, 0.15) is 80.1 Å². The second-order valence-corrected chi connectivity index (χ2v) is 16.2. The number of rotatable bonds is 9. The lowest BCUT2D eigenvalue weighted by atomic mass is 9.84. The number of unbranched alkanes of at least 4 members (excludes halogenated alkanes) is 3. The highest BCUT2D eigenvalue weighted by atomic mass is 28.3. The Hall–Kier alpha value is -0.383. The third-order valence-corrected chi connectivity index (χ3v) is 10.3. The van der Waals surface area contributed by atoms with Crippen molar-refractivity contribution in [1.29, 1.82) is 0 Å². The molecule has 1 N–H and O–H groups in total. The lowest BCUT2D eigenvalue weighted by molar-refractivity contribution is -0.00477. The molecule has 4 atom stereocenters. The summed E-state index contributed by atoms with van der Waals surface area (Å²) < 4.78 is 5.85. The molecule has 2 nitrogen and oxygen atoms in total. The van der Waals surface area contributed by atoms with E-state index in [0.717, 1.165) is 29.9 Å². The first-order valence-electron chi connectivity index (χ1n) is 11.7. The molecule has 0 aromatic heterocycles. The van der Waals surface area contributed by atoms with E-state index in [2.05, 4.69) is 83.9 Å². The van der Waals surface area contributed by atoms with E-state index < -0.39 is 8.24 Å². The van der Waals surface area contributed by atoms with Crippen molar-refractivity contribution in [3.8, 4) is 0 Å². The minimum atomic E-state index is -1.49. The zero-order chi connectivity index (χ0) is 21.0. The summed E-state index contributed by atoms with van der Waals surface area (Å²) in [4.78, 5) is 4.06. The molecule has 0 amide bonds. The van der Waals surface area contributed by atoms with E-state index >= 15 is 0 Å². The summed E-state index contributed by atoms with van der Waals surface area (Å²) in [5.74, 6) is 2.40. The molecule has 3 heteroatoms. The fourth-order valence-electron chi connectivity index (χ4n) is 5.54. The maximum Gasteiger partial charge on any atom is 0.123 e. The summed E-state index contributed by atoms with van der Waals surface area (Å²) in [5.41, 5.74) is 1.07. The predicted octanol–water partition coefficient (Wildman–Crippen LogP) is 7.09. The van der Waals surface area contributed by atoms with Crippen LogP contribution in [-0.4, -0.2) is 26.0 Å². The Morgan fingerprint density at radius 1 is 0.893 bits per heavy atom. The van der Waals surface area contributed by atoms with E-state index in [1.54, 1.807) is 0 Å². The fourth-order valence-corrected chi connectivity index (χ4v) is 9.85. The highest BCUT2D eigenvalue weighted by Crippen LogP contribution is 2.53. The van der Waals surface area contributed by atoms with Crippen molar-refractivity contribution in [1.82, 2.24) is 4.98 Å². The molecule has 0 saturated heterocycles. The number of hydrogen-bond donors (Lipinski definition) is 1. The summed E-state index contributed by atoms with van der Waals surface area (Å²) in [7, 11) is -1.49. The van der Waals surface area contributed by atoms with Crippen molar-refractivity contribution in [2.75, 3.05) is 6.61 Å². The minimum absolute atomic E-state index is 0.00644. The van der Waals surface area contributed by atoms with Crippen LogP contribution in [-0.2, 0) is 4.74 Å². The van der Waals surface area contributed by atoms with Crippen LogP contribution < -0.4 is 4.98 Å². The normalized spacial score (nSPS) is 28.0. The summed E-state index contributed by atoms with van der Waals surface area (Å²) >= 11 is 0. The van der Waals surface area contributed by atoms with Gasteiger partial charge in [0.05, 0.1) is 5.60 Å². The lowest BCUT2D eigenvalue weighted by Crippen LogP contribution is -2.57. The molecule has 162 valence electrons. The number of ether oxygens (including phenoxy) is 1. The van der Waals surface area contributed by atoms with E-state index in [4.69, 9.17) is 4.74 Å². The monoisotopic (exact) mass is 405 g/mol. The van der Waals surface area contributed by atoms with Gasteiger partial charge in [-0.3, -0.25) is 0 Å². The van der Waals surface area contributed by atoms with Crippen LogP contribution in [0.3, 0.4) is 0 Å². The quantitative estimate of drug-likeness (QED) is 0.326. The molecule has 0 radical (unpaired) electrons. The highest BCUT2D eigenvalue weighted by molar-refractivity contribution is 6.76. The van der Waals surface area contributed by atoms with Gasteiger partial charge in [-0.15, -0.1) is 0 Å². The van der Waals surface area contributed by atoms with Gasteiger partial charge >= 0.3 is 0 Å². The summed E-state index contributed by atoms with van der Waals surface area (Å²) in [6.45, 7) is 19.4. The lowest BCUT2D eigenvalue weighted by Gasteiger charge is -2.40. The largest absolute Gasteiger partial charge is 0.376 e. The van der Waals surface area contributed by atoms with Crippen LogP contribution in [0.5, 0.6) is 0 Å². The Morgan fingerprint density at radius 3 is 2.11 bits per heavy atom. The maximum atomic E-state index is 5.85. The fraction of sp³-hybridized carbons (Fsp3) is 0.840. The second kappa shape index (κ2) is 9.62. The Kier molecular flexibility index (Phi) is 8.21. The third-order valence-electron chi connectivity index (χ3n) is 6.42. The van der Waals surface area contributed by atoms with Gasteiger partial charge < -0.3 is 9.72 Å². The van der Waals surface area contributed by atoms with Gasteiger partial charge in [0.1, 0.15) is 8.24 Å². The van der Waals surface area contributed by atoms with E-state index in [9.17, 15) is 0 Å². The number of nitrogens with one attached hydrogen (secondary N) is 1. The Morgan fingerprint density at radius 2 is 1.50 bits per heavy atom. The first-order chi connectivity index (χ1) is 12.9. The molecule has 0 bridgehead atoms. The van der Waals surface area contributed by atoms with E-state index in [1.165, 1.54) is 38.5 Å². The van der Waals surface area contributed by atoms with Gasteiger partial charge in [0, 0.05) is 12.1 Å². The van der Waals surface area contributed by atoms with Crippen molar-refractivity contribution in [2.24, 2.45) is 17.8 Å². The van der Waals surface area contributed by atoms with Gasteiger partial charge in [0.2, 0.25) is 0 Å². The smallest absolute Gasteiger partial charge is 0.123 e. The van der Waals surface area contributed by atoms with Crippen LogP contribution in [0.4, 0.5) is 0 Å². The molecule has 1 fully saturated rings. The predicted molar refractivity (Wildman–Crippen MR) is 126 cm³/mol. The Bertz CT molecular complexity index is 538. The topological polar surface area (TPSA) is 21.3 Å². The average Bonchev–Trinajstić information content (AvgIpc) is 2.91. The van der Waals surface area contributed by atoms with Crippen LogP contribution >= 0.6 is 0 Å². The minimum Gasteiger partial charge on any atom is -0.376 e. The van der Waals surface area contributed by atoms with Gasteiger partial charge in [0.15, 0.2) is 0 Å². The maximum absolute atomic E-state index is 5.85. The van der Waals surface area contributed by atoms with Crippen LogP contribution in [0, 0.1) is 17.8 Å². The molecule has 0 aromatic carbocycles. The van der Waals surface area contributed by atoms with Gasteiger partial charge in [-0.05, 0) is 84.1 Å². The van der Waals surface area contributed by atoms with E-state index in [-0.39, 0.29) is 11.1 Å². The zero-order valence-corrected chi connectivity index (χ0v) is 21.0. The number of allylic oxidation sites excluding steroid dienone is 4. The standard InChI is InChI=1S/C25H47NOSi/c1-24(2,3)26-28(7,8)23-19-20(21-16-12-13-17-22(21)23)15-11-9-10-14-18-27-25(4,5)6/h12-13,16-17,20-23,26H,9-11,14-15,18-19H2,1-8H3. The van der Waals surface area contributed by atoms with Crippen molar-refractivity contribution < 1.29 is 4.74 Å². The molecular weight excluding hydrogens is 358 g/mol. The first-order valence-corrected chi connectivity index (χ1v) is 14.8. The molecule has 0 heterocycles. The van der Waals surface area contributed by atoms with Crippen LogP contribution in [0.25, 0.3) is 0 Å². The molecule has 0 spiro atoms. The van der Waals surface area contributed by atoms with E-state index in [1.807, 2.05) is 0 Å². The van der Waals surface area contributed by atoms with Gasteiger partial charge in [-0.25, -0.2) is 0 Å². The van der Waals surface area contributed by atoms with Gasteiger partial charge in [0.25, 0.3) is 0 Å². The molecule has 2 aliphatic carbocycles. The SMILES string of the molecule is CC(C)(C)N[Si](C)(C)C1CC(CCCCCCOC(C)(C)C)C2C=CC=CC21. The summed E-state index contributed by atoms with van der Waals surface area (Å²) in [5, 5.41) is 0. The van der Waals surface area contributed by atoms with Crippen molar-refractivity contribution in [3.63, 3.8) is 0 Å². The summed E-state index contributed by atoms with van der Waals surface area (Å²) in [6, 6.07) is 0. The number of fused-ring (bicyclic) bond motifs is 1. The zero-order valence-electron chi connectivity index (χ0n) is 20.0. The van der Waals surface area contributed by atoms with Crippen molar-refractivity contribution >= 4 is 8.24 Å². The molecule has 0 aromatic rings. The molecule has 4 unspecified atom stereocenters. The van der Waals surface area contributed by atoms with Crippen molar-refractivity contribution in [3.05, 3.63) is 24.3 Å². The molecule has 28 heavy (non-hydrogen) atoms. The van der Waals surface area contributed by atoms with E-state index in [0.29, 0.717) is 0 Å². The molecule has 0 aliphatic heterocycles. The summed E-state index contributed by atoms with van der Waals surface area (Å²) in [6.07, 6.45) is 17.7. The van der Waals surface area contributed by atoms with Crippen LogP contribution in [0.15, 0.2) is 24.3 Å². The first kappa shape index (κ1) is 23.9.